The number of rotatable bonds is 1. The molecule has 60 valence electrons. The van der Waals surface area contributed by atoms with Gasteiger partial charge >= 0.3 is 0 Å². The van der Waals surface area contributed by atoms with Crippen molar-refractivity contribution in [2.24, 2.45) is 0 Å². The lowest BCUT2D eigenvalue weighted by atomic mass is 10.2. The van der Waals surface area contributed by atoms with Crippen LogP contribution in [0, 0.1) is 16.3 Å². The van der Waals surface area contributed by atoms with Gasteiger partial charge in [0.15, 0.2) is 0 Å². The van der Waals surface area contributed by atoms with Crippen molar-refractivity contribution >= 4 is 34.4 Å². The van der Waals surface area contributed by atoms with E-state index in [0.29, 0.717) is 0 Å². The van der Waals surface area contributed by atoms with Crippen LogP contribution in [0.3, 0.4) is 0 Å². The third kappa shape index (κ3) is 2.08. The van der Waals surface area contributed by atoms with Gasteiger partial charge in [0.2, 0.25) is 0 Å². The van der Waals surface area contributed by atoms with Crippen LogP contribution >= 0.6 is 34.4 Å². The van der Waals surface area contributed by atoms with Gasteiger partial charge in [-0.15, -0.1) is 11.8 Å². The maximum absolute atomic E-state index is 13.2. The maximum atomic E-state index is 13.2. The predicted octanol–water partition coefficient (Wildman–Crippen LogP) is 3.46. The Morgan fingerprint density at radius 2 is 2.09 bits per heavy atom. The second kappa shape index (κ2) is 3.76. The van der Waals surface area contributed by atoms with Crippen LogP contribution in [-0.4, -0.2) is 6.26 Å². The zero-order valence-electron chi connectivity index (χ0n) is 6.32. The highest BCUT2D eigenvalue weighted by molar-refractivity contribution is 14.1. The Kier molecular flexibility index (Phi) is 3.18. The molecule has 1 aromatic rings. The molecule has 0 N–H and O–H groups in total. The zero-order valence-corrected chi connectivity index (χ0v) is 9.29. The molecule has 0 heterocycles. The van der Waals surface area contributed by atoms with Crippen LogP contribution in [-0.2, 0) is 0 Å². The number of aryl methyl sites for hydroxylation is 1. The maximum Gasteiger partial charge on any atom is 0.139 e. The highest BCUT2D eigenvalue weighted by Gasteiger charge is 2.04. The number of halogens is 2. The molecule has 1 rings (SSSR count). The summed E-state index contributed by atoms with van der Waals surface area (Å²) in [4.78, 5) is 0.731. The van der Waals surface area contributed by atoms with Crippen molar-refractivity contribution in [1.82, 2.24) is 0 Å². The Morgan fingerprint density at radius 1 is 1.45 bits per heavy atom. The van der Waals surface area contributed by atoms with Gasteiger partial charge < -0.3 is 0 Å². The summed E-state index contributed by atoms with van der Waals surface area (Å²) in [5.41, 5.74) is 0.723. The standard InChI is InChI=1S/C8H8FIS/c1-5-3-6(10)4-7(11-2)8(5)9/h3-4H,1-2H3. The fourth-order valence-corrected chi connectivity index (χ4v) is 2.42. The van der Waals surface area contributed by atoms with E-state index in [4.69, 9.17) is 0 Å². The minimum atomic E-state index is -0.0853. The van der Waals surface area contributed by atoms with E-state index in [2.05, 4.69) is 22.6 Å². The minimum Gasteiger partial charge on any atom is -0.205 e. The summed E-state index contributed by atoms with van der Waals surface area (Å²) in [5.74, 6) is -0.0853. The summed E-state index contributed by atoms with van der Waals surface area (Å²) < 4.78 is 14.2. The molecule has 0 aliphatic heterocycles. The van der Waals surface area contributed by atoms with E-state index in [0.717, 1.165) is 14.0 Å². The highest BCUT2D eigenvalue weighted by Crippen LogP contribution is 2.24. The molecule has 1 aromatic carbocycles. The van der Waals surface area contributed by atoms with Gasteiger partial charge in [-0.3, -0.25) is 0 Å². The monoisotopic (exact) mass is 282 g/mol. The lowest BCUT2D eigenvalue weighted by Gasteiger charge is -2.02. The van der Waals surface area contributed by atoms with Crippen molar-refractivity contribution in [3.63, 3.8) is 0 Å². The predicted molar refractivity (Wildman–Crippen MR) is 55.6 cm³/mol. The summed E-state index contributed by atoms with van der Waals surface area (Å²) in [6.07, 6.45) is 1.88. The quantitative estimate of drug-likeness (QED) is 0.561. The Bertz CT molecular complexity index is 273. The van der Waals surface area contributed by atoms with Crippen molar-refractivity contribution < 1.29 is 4.39 Å². The average Bonchev–Trinajstić information content (AvgIpc) is 1.96. The molecule has 0 nitrogen and oxygen atoms in total. The number of hydrogen-bond donors (Lipinski definition) is 0. The number of thioether (sulfide) groups is 1. The molecule has 0 bridgehead atoms. The normalized spacial score (nSPS) is 10.2. The van der Waals surface area contributed by atoms with Crippen LogP contribution in [0.4, 0.5) is 4.39 Å². The Labute approximate surface area is 83.7 Å². The second-order valence-corrected chi connectivity index (χ2v) is 4.33. The first-order valence-electron chi connectivity index (χ1n) is 3.15. The van der Waals surface area contributed by atoms with Crippen molar-refractivity contribution in [2.45, 2.75) is 11.8 Å². The van der Waals surface area contributed by atoms with E-state index in [1.807, 2.05) is 18.4 Å². The third-order valence-electron chi connectivity index (χ3n) is 1.41. The lowest BCUT2D eigenvalue weighted by Crippen LogP contribution is -1.87. The van der Waals surface area contributed by atoms with Crippen LogP contribution in [0.25, 0.3) is 0 Å². The molecule has 0 saturated heterocycles. The Balaban J connectivity index is 3.24. The molecule has 3 heteroatoms. The Morgan fingerprint density at radius 3 is 2.64 bits per heavy atom. The van der Waals surface area contributed by atoms with Crippen LogP contribution in [0.15, 0.2) is 17.0 Å². The van der Waals surface area contributed by atoms with Crippen LogP contribution in [0.2, 0.25) is 0 Å². The molecule has 0 saturated carbocycles. The fraction of sp³-hybridized carbons (Fsp3) is 0.250. The van der Waals surface area contributed by atoms with Crippen LogP contribution in [0.5, 0.6) is 0 Å². The van der Waals surface area contributed by atoms with Gasteiger partial charge in [-0.2, -0.15) is 0 Å². The summed E-state index contributed by atoms with van der Waals surface area (Å²) in [5, 5.41) is 0. The van der Waals surface area contributed by atoms with Gasteiger partial charge in [-0.25, -0.2) is 4.39 Å². The first kappa shape index (κ1) is 9.32. The topological polar surface area (TPSA) is 0 Å². The van der Waals surface area contributed by atoms with E-state index in [1.54, 1.807) is 6.92 Å². The van der Waals surface area contributed by atoms with Gasteiger partial charge in [-0.05, 0) is 53.5 Å². The van der Waals surface area contributed by atoms with Crippen LogP contribution in [0.1, 0.15) is 5.56 Å². The minimum absolute atomic E-state index is 0.0853. The molecule has 0 fully saturated rings. The zero-order chi connectivity index (χ0) is 8.43. The fourth-order valence-electron chi connectivity index (χ4n) is 0.843. The molecule has 0 aromatic heterocycles. The summed E-state index contributed by atoms with van der Waals surface area (Å²) in [6, 6.07) is 3.70. The average molecular weight is 282 g/mol. The summed E-state index contributed by atoms with van der Waals surface area (Å²) >= 11 is 3.64. The molecular formula is C8H8FIS. The van der Waals surface area contributed by atoms with Crippen LogP contribution < -0.4 is 0 Å². The van der Waals surface area contributed by atoms with Gasteiger partial charge in [0.1, 0.15) is 5.82 Å². The van der Waals surface area contributed by atoms with E-state index in [9.17, 15) is 4.39 Å². The third-order valence-corrected chi connectivity index (χ3v) is 2.77. The molecule has 11 heavy (non-hydrogen) atoms. The molecule has 0 radical (unpaired) electrons. The van der Waals surface area contributed by atoms with Crippen molar-refractivity contribution in [3.05, 3.63) is 27.1 Å². The van der Waals surface area contributed by atoms with Gasteiger partial charge in [0.05, 0.1) is 0 Å². The largest absolute Gasteiger partial charge is 0.205 e. The van der Waals surface area contributed by atoms with Gasteiger partial charge in [0, 0.05) is 8.47 Å². The summed E-state index contributed by atoms with van der Waals surface area (Å²) in [7, 11) is 0. The molecule has 0 aliphatic carbocycles. The molecule has 0 unspecified atom stereocenters. The SMILES string of the molecule is CSc1cc(I)cc(C)c1F. The lowest BCUT2D eigenvalue weighted by molar-refractivity contribution is 0.592. The smallest absolute Gasteiger partial charge is 0.139 e. The second-order valence-electron chi connectivity index (χ2n) is 2.24. The molecule has 0 atom stereocenters. The van der Waals surface area contributed by atoms with E-state index in [1.165, 1.54) is 11.8 Å². The van der Waals surface area contributed by atoms with E-state index < -0.39 is 0 Å². The molecule has 0 aliphatic rings. The molecular weight excluding hydrogens is 274 g/mol. The van der Waals surface area contributed by atoms with Crippen molar-refractivity contribution in [2.75, 3.05) is 6.26 Å². The van der Waals surface area contributed by atoms with Gasteiger partial charge in [0.25, 0.3) is 0 Å². The highest BCUT2D eigenvalue weighted by atomic mass is 127. The summed E-state index contributed by atoms with van der Waals surface area (Å²) in [6.45, 7) is 1.79. The molecule has 0 spiro atoms. The van der Waals surface area contributed by atoms with E-state index >= 15 is 0 Å². The Hall–Kier alpha value is 0.230. The van der Waals surface area contributed by atoms with Gasteiger partial charge in [-0.1, -0.05) is 0 Å². The van der Waals surface area contributed by atoms with Crippen molar-refractivity contribution in [1.29, 1.82) is 0 Å². The first-order valence-corrected chi connectivity index (χ1v) is 5.45. The van der Waals surface area contributed by atoms with E-state index in [-0.39, 0.29) is 5.82 Å². The van der Waals surface area contributed by atoms with Crippen molar-refractivity contribution in [3.8, 4) is 0 Å². The first-order chi connectivity index (χ1) is 5.15. The number of benzene rings is 1. The molecule has 0 amide bonds. The number of hydrogen-bond acceptors (Lipinski definition) is 1.